The number of benzene rings is 2. The number of amides is 1. The second-order valence-corrected chi connectivity index (χ2v) is 4.80. The van der Waals surface area contributed by atoms with Crippen LogP contribution in [-0.2, 0) is 4.79 Å². The summed E-state index contributed by atoms with van der Waals surface area (Å²) in [6.45, 7) is 2.02. The molecule has 0 heterocycles. The fourth-order valence-corrected chi connectivity index (χ4v) is 1.93. The van der Waals surface area contributed by atoms with E-state index in [1.54, 1.807) is 38.5 Å². The third kappa shape index (κ3) is 4.12. The maximum Gasteiger partial charge on any atom is 0.248 e. The molecule has 0 saturated carbocycles. The highest BCUT2D eigenvalue weighted by molar-refractivity contribution is 6.02. The van der Waals surface area contributed by atoms with Gasteiger partial charge in [0.15, 0.2) is 0 Å². The lowest BCUT2D eigenvalue weighted by Gasteiger charge is -2.10. The Kier molecular flexibility index (Phi) is 5.20. The highest BCUT2D eigenvalue weighted by Crippen LogP contribution is 2.28. The van der Waals surface area contributed by atoms with E-state index in [4.69, 9.17) is 9.47 Å². The van der Waals surface area contributed by atoms with Crippen LogP contribution in [0.3, 0.4) is 0 Å². The van der Waals surface area contributed by atoms with E-state index >= 15 is 0 Å². The number of carbonyl (C=O) groups excluding carboxylic acids is 1. The molecule has 0 saturated heterocycles. The van der Waals surface area contributed by atoms with E-state index < -0.39 is 0 Å². The van der Waals surface area contributed by atoms with Gasteiger partial charge in [-0.15, -0.1) is 0 Å². The Hall–Kier alpha value is -2.75. The lowest BCUT2D eigenvalue weighted by Crippen LogP contribution is -2.08. The topological polar surface area (TPSA) is 47.6 Å². The molecule has 4 nitrogen and oxygen atoms in total. The van der Waals surface area contributed by atoms with E-state index in [-0.39, 0.29) is 5.91 Å². The van der Waals surface area contributed by atoms with Crippen molar-refractivity contribution in [2.45, 2.75) is 6.92 Å². The highest BCUT2D eigenvalue weighted by atomic mass is 16.5. The van der Waals surface area contributed by atoms with Crippen molar-refractivity contribution in [1.82, 2.24) is 0 Å². The number of hydrogen-bond donors (Lipinski definition) is 1. The van der Waals surface area contributed by atoms with Gasteiger partial charge >= 0.3 is 0 Å². The first-order chi connectivity index (χ1) is 10.6. The Labute approximate surface area is 130 Å². The zero-order chi connectivity index (χ0) is 15.9. The van der Waals surface area contributed by atoms with Crippen LogP contribution in [0.1, 0.15) is 11.1 Å². The van der Waals surface area contributed by atoms with Gasteiger partial charge in [0.05, 0.1) is 19.9 Å². The Morgan fingerprint density at radius 3 is 2.41 bits per heavy atom. The van der Waals surface area contributed by atoms with Crippen LogP contribution < -0.4 is 14.8 Å². The molecule has 0 spiro atoms. The number of carbonyl (C=O) groups is 1. The van der Waals surface area contributed by atoms with Gasteiger partial charge in [-0.1, -0.05) is 29.8 Å². The molecule has 22 heavy (non-hydrogen) atoms. The zero-order valence-electron chi connectivity index (χ0n) is 12.9. The van der Waals surface area contributed by atoms with Crippen molar-refractivity contribution >= 4 is 17.7 Å². The molecule has 1 N–H and O–H groups in total. The van der Waals surface area contributed by atoms with Crippen molar-refractivity contribution in [3.8, 4) is 11.5 Å². The van der Waals surface area contributed by atoms with Crippen LogP contribution >= 0.6 is 0 Å². The van der Waals surface area contributed by atoms with E-state index in [0.29, 0.717) is 17.2 Å². The van der Waals surface area contributed by atoms with Gasteiger partial charge in [0.2, 0.25) is 5.91 Å². The smallest absolute Gasteiger partial charge is 0.248 e. The van der Waals surface area contributed by atoms with Crippen molar-refractivity contribution in [3.63, 3.8) is 0 Å². The number of rotatable bonds is 5. The van der Waals surface area contributed by atoms with Gasteiger partial charge in [0.1, 0.15) is 11.5 Å². The minimum absolute atomic E-state index is 0.218. The summed E-state index contributed by atoms with van der Waals surface area (Å²) in [4.78, 5) is 12.0. The first-order valence-electron chi connectivity index (χ1n) is 6.90. The molecule has 114 valence electrons. The van der Waals surface area contributed by atoms with E-state index in [2.05, 4.69) is 5.32 Å². The Balaban J connectivity index is 2.07. The highest BCUT2D eigenvalue weighted by Gasteiger charge is 2.06. The molecule has 0 aliphatic heterocycles. The van der Waals surface area contributed by atoms with Crippen LogP contribution in [0.15, 0.2) is 48.5 Å². The van der Waals surface area contributed by atoms with Crippen LogP contribution in [0.5, 0.6) is 11.5 Å². The molecule has 2 rings (SSSR count). The second kappa shape index (κ2) is 7.31. The summed E-state index contributed by atoms with van der Waals surface area (Å²) < 4.78 is 10.4. The number of ether oxygens (including phenoxy) is 2. The summed E-state index contributed by atoms with van der Waals surface area (Å²) in [5.41, 5.74) is 2.76. The quantitative estimate of drug-likeness (QED) is 0.857. The third-order valence-electron chi connectivity index (χ3n) is 3.17. The molecule has 2 aromatic rings. The number of hydrogen-bond acceptors (Lipinski definition) is 3. The Morgan fingerprint density at radius 2 is 1.77 bits per heavy atom. The van der Waals surface area contributed by atoms with Gasteiger partial charge < -0.3 is 14.8 Å². The molecule has 0 aliphatic carbocycles. The standard InChI is InChI=1S/C18H19NO3/c1-13-4-6-14(7-5-13)8-11-18(20)19-16-10-9-15(21-2)12-17(16)22-3/h4-12H,1-3H3,(H,19,20). The summed E-state index contributed by atoms with van der Waals surface area (Å²) in [6.07, 6.45) is 3.26. The minimum Gasteiger partial charge on any atom is -0.497 e. The van der Waals surface area contributed by atoms with Gasteiger partial charge in [-0.05, 0) is 30.7 Å². The van der Waals surface area contributed by atoms with Crippen molar-refractivity contribution in [3.05, 3.63) is 59.7 Å². The minimum atomic E-state index is -0.218. The molecule has 0 aromatic heterocycles. The number of methoxy groups -OCH3 is 2. The number of anilines is 1. The monoisotopic (exact) mass is 297 g/mol. The molecule has 1 amide bonds. The van der Waals surface area contributed by atoms with Crippen molar-refractivity contribution in [1.29, 1.82) is 0 Å². The van der Waals surface area contributed by atoms with Gasteiger partial charge in [-0.25, -0.2) is 0 Å². The maximum absolute atomic E-state index is 12.0. The fraction of sp³-hybridized carbons (Fsp3) is 0.167. The SMILES string of the molecule is COc1ccc(NC(=O)C=Cc2ccc(C)cc2)c(OC)c1. The molecule has 0 atom stereocenters. The molecule has 0 fully saturated rings. The van der Waals surface area contributed by atoms with Crippen LogP contribution in [-0.4, -0.2) is 20.1 Å². The number of nitrogens with one attached hydrogen (secondary N) is 1. The first kappa shape index (κ1) is 15.6. The summed E-state index contributed by atoms with van der Waals surface area (Å²) in [5, 5.41) is 2.79. The van der Waals surface area contributed by atoms with Gasteiger partial charge in [0, 0.05) is 12.1 Å². The second-order valence-electron chi connectivity index (χ2n) is 4.80. The van der Waals surface area contributed by atoms with Gasteiger partial charge in [-0.3, -0.25) is 4.79 Å². The van der Waals surface area contributed by atoms with E-state index in [9.17, 15) is 4.79 Å². The predicted molar refractivity (Wildman–Crippen MR) is 88.4 cm³/mol. The predicted octanol–water partition coefficient (Wildman–Crippen LogP) is 3.66. The summed E-state index contributed by atoms with van der Waals surface area (Å²) in [7, 11) is 3.13. The molecule has 0 radical (unpaired) electrons. The zero-order valence-corrected chi connectivity index (χ0v) is 12.9. The van der Waals surface area contributed by atoms with Crippen molar-refractivity contribution < 1.29 is 14.3 Å². The van der Waals surface area contributed by atoms with Gasteiger partial charge in [0.25, 0.3) is 0 Å². The van der Waals surface area contributed by atoms with Crippen molar-refractivity contribution in [2.24, 2.45) is 0 Å². The number of aryl methyl sites for hydroxylation is 1. The molecular weight excluding hydrogens is 278 g/mol. The summed E-state index contributed by atoms with van der Waals surface area (Å²) >= 11 is 0. The average Bonchev–Trinajstić information content (AvgIpc) is 2.54. The van der Waals surface area contributed by atoms with Crippen molar-refractivity contribution in [2.75, 3.05) is 19.5 Å². The molecule has 4 heteroatoms. The molecule has 2 aromatic carbocycles. The van der Waals surface area contributed by atoms with Crippen LogP contribution in [0.25, 0.3) is 6.08 Å². The van der Waals surface area contributed by atoms with Crippen LogP contribution in [0.4, 0.5) is 5.69 Å². The largest absolute Gasteiger partial charge is 0.497 e. The fourth-order valence-electron chi connectivity index (χ4n) is 1.93. The molecule has 0 unspecified atom stereocenters. The average molecular weight is 297 g/mol. The first-order valence-corrected chi connectivity index (χ1v) is 6.90. The third-order valence-corrected chi connectivity index (χ3v) is 3.17. The Bertz CT molecular complexity index is 675. The molecular formula is C18H19NO3. The Morgan fingerprint density at radius 1 is 1.05 bits per heavy atom. The van der Waals surface area contributed by atoms with E-state index in [1.807, 2.05) is 31.2 Å². The van der Waals surface area contributed by atoms with Gasteiger partial charge in [-0.2, -0.15) is 0 Å². The maximum atomic E-state index is 12.0. The summed E-state index contributed by atoms with van der Waals surface area (Å²) in [5.74, 6) is 1.01. The van der Waals surface area contributed by atoms with E-state index in [1.165, 1.54) is 11.6 Å². The molecule has 0 bridgehead atoms. The lowest BCUT2D eigenvalue weighted by atomic mass is 10.1. The summed E-state index contributed by atoms with van der Waals surface area (Å²) in [6, 6.07) is 13.2. The normalized spacial score (nSPS) is 10.5. The van der Waals surface area contributed by atoms with Crippen LogP contribution in [0, 0.1) is 6.92 Å². The molecule has 0 aliphatic rings. The lowest BCUT2D eigenvalue weighted by molar-refractivity contribution is -0.111. The van der Waals surface area contributed by atoms with E-state index in [0.717, 1.165) is 5.56 Å². The van der Waals surface area contributed by atoms with Crippen LogP contribution in [0.2, 0.25) is 0 Å².